The van der Waals surface area contributed by atoms with E-state index in [-0.39, 0.29) is 23.7 Å². The number of ether oxygens (including phenoxy) is 1. The zero-order valence-electron chi connectivity index (χ0n) is 12.1. The average molecular weight is 339 g/mol. The van der Waals surface area contributed by atoms with E-state index in [4.69, 9.17) is 16.3 Å². The zero-order chi connectivity index (χ0) is 15.9. The molecule has 0 saturated carbocycles. The lowest BCUT2D eigenvalue weighted by atomic mass is 10.2. The molecule has 1 rings (SSSR count). The summed E-state index contributed by atoms with van der Waals surface area (Å²) >= 11 is 5.86. The summed E-state index contributed by atoms with van der Waals surface area (Å²) in [6.45, 7) is 0.974. The average Bonchev–Trinajstić information content (AvgIpc) is 2.42. The molecule has 0 atom stereocenters. The molecule has 0 fully saturated rings. The van der Waals surface area contributed by atoms with Gasteiger partial charge in [0.1, 0.15) is 10.7 Å². The minimum absolute atomic E-state index is 0.182. The maximum Gasteiger partial charge on any atom is 0.243 e. The second-order valence-electron chi connectivity index (χ2n) is 4.51. The first-order valence-corrected chi connectivity index (χ1v) is 8.39. The summed E-state index contributed by atoms with van der Waals surface area (Å²) in [7, 11) is -0.700. The first-order valence-electron chi connectivity index (χ1n) is 6.53. The molecule has 0 heterocycles. The third kappa shape index (κ3) is 5.52. The molecule has 0 unspecified atom stereocenters. The Morgan fingerprint density at radius 3 is 2.67 bits per heavy atom. The smallest absolute Gasteiger partial charge is 0.243 e. The molecule has 0 bridgehead atoms. The molecule has 0 saturated heterocycles. The summed E-state index contributed by atoms with van der Waals surface area (Å²) < 4.78 is 45.7. The highest BCUT2D eigenvalue weighted by atomic mass is 35.5. The Morgan fingerprint density at radius 2 is 2.05 bits per heavy atom. The largest absolute Gasteiger partial charge is 0.385 e. The number of unbranched alkanes of at least 4 members (excludes halogenated alkanes) is 1. The van der Waals surface area contributed by atoms with Gasteiger partial charge in [0.05, 0.1) is 0 Å². The van der Waals surface area contributed by atoms with Gasteiger partial charge in [-0.3, -0.25) is 0 Å². The summed E-state index contributed by atoms with van der Waals surface area (Å²) in [5.41, 5.74) is 0.213. The van der Waals surface area contributed by atoms with Crippen molar-refractivity contribution in [3.8, 4) is 0 Å². The van der Waals surface area contributed by atoms with Crippen molar-refractivity contribution in [3.63, 3.8) is 0 Å². The van der Waals surface area contributed by atoms with Crippen molar-refractivity contribution in [2.45, 2.75) is 24.3 Å². The molecule has 8 heteroatoms. The van der Waals surface area contributed by atoms with Crippen LogP contribution in [0.25, 0.3) is 0 Å². The number of nitrogens with one attached hydrogen (secondary N) is 2. The molecule has 0 radical (unpaired) electrons. The fourth-order valence-electron chi connectivity index (χ4n) is 1.79. The van der Waals surface area contributed by atoms with Crippen molar-refractivity contribution in [1.29, 1.82) is 0 Å². The molecule has 21 heavy (non-hydrogen) atoms. The van der Waals surface area contributed by atoms with Gasteiger partial charge in [0.25, 0.3) is 0 Å². The maximum atomic E-state index is 14.2. The lowest BCUT2D eigenvalue weighted by Crippen LogP contribution is -2.26. The van der Waals surface area contributed by atoms with Gasteiger partial charge in [-0.2, -0.15) is 0 Å². The number of hydrogen-bond acceptors (Lipinski definition) is 4. The third-order valence-electron chi connectivity index (χ3n) is 2.80. The van der Waals surface area contributed by atoms with E-state index < -0.39 is 20.7 Å². The first kappa shape index (κ1) is 18.3. The summed E-state index contributed by atoms with van der Waals surface area (Å²) in [5, 5.41) is 2.95. The van der Waals surface area contributed by atoms with Crippen LogP contribution in [-0.4, -0.2) is 35.7 Å². The molecule has 0 aliphatic rings. The van der Waals surface area contributed by atoms with E-state index >= 15 is 0 Å². The molecule has 0 aliphatic heterocycles. The van der Waals surface area contributed by atoms with E-state index in [2.05, 4.69) is 10.0 Å². The van der Waals surface area contributed by atoms with E-state index in [1.165, 1.54) is 6.07 Å². The number of methoxy groups -OCH3 is 1. The Morgan fingerprint density at radius 1 is 1.33 bits per heavy atom. The van der Waals surface area contributed by atoms with Gasteiger partial charge in [-0.05, 0) is 32.0 Å². The highest BCUT2D eigenvalue weighted by molar-refractivity contribution is 7.89. The zero-order valence-corrected chi connectivity index (χ0v) is 13.7. The fourth-order valence-corrected chi connectivity index (χ4v) is 3.31. The van der Waals surface area contributed by atoms with Crippen LogP contribution in [0.2, 0.25) is 5.02 Å². The Kier molecular flexibility index (Phi) is 7.55. The second-order valence-corrected chi connectivity index (χ2v) is 6.68. The van der Waals surface area contributed by atoms with Crippen molar-refractivity contribution in [2.24, 2.45) is 0 Å². The van der Waals surface area contributed by atoms with Crippen LogP contribution in [0.15, 0.2) is 17.0 Å². The van der Waals surface area contributed by atoms with E-state index in [0.717, 1.165) is 12.5 Å². The van der Waals surface area contributed by atoms with Crippen molar-refractivity contribution in [1.82, 2.24) is 10.0 Å². The van der Waals surface area contributed by atoms with Crippen LogP contribution < -0.4 is 10.0 Å². The van der Waals surface area contributed by atoms with E-state index in [9.17, 15) is 12.8 Å². The standard InChI is InChI=1S/C13H20ClFN2O3S/c1-16-9-10-7-11(14)8-12(13(10)15)21(18,19)17-5-3-4-6-20-2/h7-8,16-17H,3-6,9H2,1-2H3. The van der Waals surface area contributed by atoms with Crippen LogP contribution >= 0.6 is 11.6 Å². The van der Waals surface area contributed by atoms with Gasteiger partial charge in [-0.1, -0.05) is 11.6 Å². The Bertz CT molecular complexity index is 567. The highest BCUT2D eigenvalue weighted by Gasteiger charge is 2.21. The molecule has 0 spiro atoms. The van der Waals surface area contributed by atoms with Gasteiger partial charge in [-0.25, -0.2) is 17.5 Å². The fraction of sp³-hybridized carbons (Fsp3) is 0.538. The van der Waals surface area contributed by atoms with Crippen LogP contribution in [0, 0.1) is 5.82 Å². The third-order valence-corrected chi connectivity index (χ3v) is 4.48. The Hall–Kier alpha value is -0.730. The Labute approximate surface area is 129 Å². The SMILES string of the molecule is CNCc1cc(Cl)cc(S(=O)(=O)NCCCCOC)c1F. The normalized spacial score (nSPS) is 11.8. The highest BCUT2D eigenvalue weighted by Crippen LogP contribution is 2.23. The quantitative estimate of drug-likeness (QED) is 0.675. The monoisotopic (exact) mass is 338 g/mol. The van der Waals surface area contributed by atoms with Gasteiger partial charge >= 0.3 is 0 Å². The van der Waals surface area contributed by atoms with E-state index in [1.807, 2.05) is 0 Å². The van der Waals surface area contributed by atoms with E-state index in [0.29, 0.717) is 13.0 Å². The van der Waals surface area contributed by atoms with Crippen LogP contribution in [0.3, 0.4) is 0 Å². The summed E-state index contributed by atoms with van der Waals surface area (Å²) in [5.74, 6) is -0.779. The van der Waals surface area contributed by atoms with Gasteiger partial charge in [0.15, 0.2) is 0 Å². The minimum atomic E-state index is -3.92. The predicted octanol–water partition coefficient (Wildman–Crippen LogP) is 1.90. The van der Waals surface area contributed by atoms with Crippen molar-refractivity contribution in [3.05, 3.63) is 28.5 Å². The number of sulfonamides is 1. The van der Waals surface area contributed by atoms with E-state index in [1.54, 1.807) is 14.2 Å². The molecule has 0 amide bonds. The minimum Gasteiger partial charge on any atom is -0.385 e. The molecular formula is C13H20ClFN2O3S. The molecule has 0 aliphatic carbocycles. The number of benzene rings is 1. The van der Waals surface area contributed by atoms with Gasteiger partial charge < -0.3 is 10.1 Å². The number of hydrogen-bond donors (Lipinski definition) is 2. The van der Waals surface area contributed by atoms with Crippen LogP contribution in [0.5, 0.6) is 0 Å². The molecular weight excluding hydrogens is 319 g/mol. The lowest BCUT2D eigenvalue weighted by Gasteiger charge is -2.11. The molecule has 1 aromatic carbocycles. The summed E-state index contributed by atoms with van der Waals surface area (Å²) in [6.07, 6.45) is 1.33. The van der Waals surface area contributed by atoms with Gasteiger partial charge in [-0.15, -0.1) is 0 Å². The topological polar surface area (TPSA) is 67.4 Å². The predicted molar refractivity (Wildman–Crippen MR) is 80.5 cm³/mol. The molecule has 5 nitrogen and oxygen atoms in total. The lowest BCUT2D eigenvalue weighted by molar-refractivity contribution is 0.193. The Balaban J connectivity index is 2.87. The number of halogens is 2. The van der Waals surface area contributed by atoms with Crippen molar-refractivity contribution in [2.75, 3.05) is 27.3 Å². The van der Waals surface area contributed by atoms with Crippen molar-refractivity contribution < 1.29 is 17.5 Å². The maximum absolute atomic E-state index is 14.2. The first-order chi connectivity index (χ1) is 9.92. The van der Waals surface area contributed by atoms with Gasteiger partial charge in [0, 0.05) is 37.4 Å². The summed E-state index contributed by atoms with van der Waals surface area (Å²) in [6, 6.07) is 2.53. The van der Waals surface area contributed by atoms with Crippen LogP contribution in [-0.2, 0) is 21.3 Å². The summed E-state index contributed by atoms with van der Waals surface area (Å²) in [4.78, 5) is -0.424. The molecule has 0 aromatic heterocycles. The molecule has 120 valence electrons. The van der Waals surface area contributed by atoms with Crippen LogP contribution in [0.4, 0.5) is 4.39 Å². The van der Waals surface area contributed by atoms with Crippen LogP contribution in [0.1, 0.15) is 18.4 Å². The van der Waals surface area contributed by atoms with Crippen molar-refractivity contribution >= 4 is 21.6 Å². The number of rotatable bonds is 9. The molecule has 1 aromatic rings. The molecule has 2 N–H and O–H groups in total. The van der Waals surface area contributed by atoms with Gasteiger partial charge in [0.2, 0.25) is 10.0 Å². The second kappa shape index (κ2) is 8.65.